The maximum Gasteiger partial charge on any atom is 0.327 e. The summed E-state index contributed by atoms with van der Waals surface area (Å²) in [6.45, 7) is 3.54. The maximum atomic E-state index is 5.83. The minimum Gasteiger partial charge on any atom is -0.424 e. The summed E-state index contributed by atoms with van der Waals surface area (Å²) in [4.78, 5) is 25.9. The molecule has 2 aromatic heterocycles. The fourth-order valence-corrected chi connectivity index (χ4v) is 2.86. The van der Waals surface area contributed by atoms with Crippen LogP contribution in [0.5, 0.6) is 23.5 Å². The highest BCUT2D eigenvalue weighted by atomic mass is 16.5. The van der Waals surface area contributed by atoms with Crippen LogP contribution in [0.4, 0.5) is 23.3 Å². The van der Waals surface area contributed by atoms with E-state index < -0.39 is 0 Å². The summed E-state index contributed by atoms with van der Waals surface area (Å²) >= 11 is 0. The summed E-state index contributed by atoms with van der Waals surface area (Å²) in [5, 5.41) is 6.34. The van der Waals surface area contributed by atoms with Gasteiger partial charge in [-0.25, -0.2) is 0 Å². The molecular formula is C20H16N8O2. The number of fused-ring (bicyclic) bond motifs is 8. The number of nitrogens with one attached hydrogen (secondary N) is 2. The van der Waals surface area contributed by atoms with Crippen LogP contribution in [0.25, 0.3) is 0 Å². The molecule has 10 nitrogen and oxygen atoms in total. The largest absolute Gasteiger partial charge is 0.424 e. The Kier molecular flexibility index (Phi) is 4.28. The molecule has 0 atom stereocenters. The van der Waals surface area contributed by atoms with Crippen molar-refractivity contribution in [2.24, 2.45) is 0 Å². The molecule has 0 saturated carbocycles. The van der Waals surface area contributed by atoms with E-state index in [9.17, 15) is 0 Å². The van der Waals surface area contributed by atoms with Crippen LogP contribution in [0.15, 0.2) is 48.5 Å². The van der Waals surface area contributed by atoms with E-state index in [0.29, 0.717) is 35.0 Å². The summed E-state index contributed by atoms with van der Waals surface area (Å²) in [5.41, 5.74) is 1.54. The molecule has 0 unspecified atom stereocenters. The average Bonchev–Trinajstić information content (AvgIpc) is 2.67. The van der Waals surface area contributed by atoms with Crippen LogP contribution in [0.1, 0.15) is 11.6 Å². The minimum absolute atomic E-state index is 0.168. The van der Waals surface area contributed by atoms with Crippen LogP contribution in [0, 0.1) is 13.8 Å². The molecule has 0 amide bonds. The van der Waals surface area contributed by atoms with E-state index >= 15 is 0 Å². The Morgan fingerprint density at radius 1 is 0.600 bits per heavy atom. The van der Waals surface area contributed by atoms with Crippen molar-refractivity contribution in [2.45, 2.75) is 13.8 Å². The van der Waals surface area contributed by atoms with Gasteiger partial charge in [0.15, 0.2) is 0 Å². The van der Waals surface area contributed by atoms with Crippen molar-refractivity contribution in [3.05, 3.63) is 60.2 Å². The van der Waals surface area contributed by atoms with Crippen LogP contribution < -0.4 is 20.1 Å². The molecule has 10 heteroatoms. The molecule has 1 aliphatic heterocycles. The van der Waals surface area contributed by atoms with Crippen molar-refractivity contribution < 1.29 is 9.47 Å². The zero-order valence-electron chi connectivity index (χ0n) is 16.1. The predicted octanol–water partition coefficient (Wildman–Crippen LogP) is 4.06. The summed E-state index contributed by atoms with van der Waals surface area (Å²) in [6, 6.07) is 14.9. The third-order valence-corrected chi connectivity index (χ3v) is 4.05. The zero-order valence-corrected chi connectivity index (χ0v) is 16.1. The number of anilines is 4. The van der Waals surface area contributed by atoms with Gasteiger partial charge in [0.2, 0.25) is 11.9 Å². The van der Waals surface area contributed by atoms with E-state index in [1.165, 1.54) is 0 Å². The van der Waals surface area contributed by atoms with Crippen LogP contribution in [0.2, 0.25) is 0 Å². The normalized spacial score (nSPS) is 12.1. The molecule has 2 aromatic carbocycles. The van der Waals surface area contributed by atoms with Gasteiger partial charge in [0.1, 0.15) is 23.1 Å². The molecule has 8 bridgehead atoms. The predicted molar refractivity (Wildman–Crippen MR) is 109 cm³/mol. The van der Waals surface area contributed by atoms with Gasteiger partial charge in [-0.2, -0.15) is 29.9 Å². The Morgan fingerprint density at radius 2 is 1.10 bits per heavy atom. The monoisotopic (exact) mass is 400 g/mol. The topological polar surface area (TPSA) is 120 Å². The van der Waals surface area contributed by atoms with E-state index in [1.807, 2.05) is 24.3 Å². The number of benzene rings is 2. The standard InChI is InChI=1S/C20H16N8O2/c1-11-21-17-25-13-5-3-6-14(9-13)26-18-22-12(2)24-20(28-18)30-16-8-4-7-15(10-16)29-19(23-11)27-17/h3-10H,1-2H3,(H,21,23,25,27)(H,22,24,26,28). The van der Waals surface area contributed by atoms with Gasteiger partial charge in [-0.1, -0.05) is 12.1 Å². The molecule has 5 rings (SSSR count). The summed E-state index contributed by atoms with van der Waals surface area (Å²) < 4.78 is 11.7. The molecule has 0 fully saturated rings. The van der Waals surface area contributed by atoms with Gasteiger partial charge in [0, 0.05) is 17.4 Å². The molecule has 30 heavy (non-hydrogen) atoms. The smallest absolute Gasteiger partial charge is 0.327 e. The lowest BCUT2D eigenvalue weighted by Crippen LogP contribution is -2.05. The van der Waals surface area contributed by atoms with Crippen molar-refractivity contribution >= 4 is 23.3 Å². The van der Waals surface area contributed by atoms with Crippen molar-refractivity contribution in [2.75, 3.05) is 10.6 Å². The quantitative estimate of drug-likeness (QED) is 0.394. The second-order valence-corrected chi connectivity index (χ2v) is 6.49. The number of hydrogen-bond acceptors (Lipinski definition) is 10. The number of ether oxygens (including phenoxy) is 2. The summed E-state index contributed by atoms with van der Waals surface area (Å²) in [6.07, 6.45) is 0. The Labute approximate surface area is 171 Å². The lowest BCUT2D eigenvalue weighted by molar-refractivity contribution is 0.419. The van der Waals surface area contributed by atoms with Crippen LogP contribution in [0.3, 0.4) is 0 Å². The second-order valence-electron chi connectivity index (χ2n) is 6.49. The first kappa shape index (κ1) is 17.7. The van der Waals surface area contributed by atoms with Crippen molar-refractivity contribution in [3.63, 3.8) is 0 Å². The highest BCUT2D eigenvalue weighted by molar-refractivity contribution is 5.64. The van der Waals surface area contributed by atoms with E-state index in [0.717, 1.165) is 11.4 Å². The van der Waals surface area contributed by atoms with Gasteiger partial charge in [-0.15, -0.1) is 0 Å². The average molecular weight is 400 g/mol. The minimum atomic E-state index is 0.168. The molecule has 0 radical (unpaired) electrons. The lowest BCUT2D eigenvalue weighted by atomic mass is 10.3. The molecule has 1 aliphatic rings. The van der Waals surface area contributed by atoms with E-state index in [2.05, 4.69) is 40.5 Å². The van der Waals surface area contributed by atoms with Gasteiger partial charge in [-0.05, 0) is 44.2 Å². The van der Waals surface area contributed by atoms with Crippen molar-refractivity contribution in [1.29, 1.82) is 0 Å². The first-order valence-electron chi connectivity index (χ1n) is 9.14. The Hall–Kier alpha value is -4.34. The fraction of sp³-hybridized carbons (Fsp3) is 0.100. The van der Waals surface area contributed by atoms with Crippen LogP contribution in [-0.2, 0) is 0 Å². The van der Waals surface area contributed by atoms with Gasteiger partial charge < -0.3 is 20.1 Å². The first-order valence-corrected chi connectivity index (χ1v) is 9.14. The molecule has 148 valence electrons. The highest BCUT2D eigenvalue weighted by Gasteiger charge is 2.11. The van der Waals surface area contributed by atoms with Crippen molar-refractivity contribution in [3.8, 4) is 23.5 Å². The molecule has 3 heterocycles. The van der Waals surface area contributed by atoms with Crippen LogP contribution in [-0.4, -0.2) is 29.9 Å². The molecule has 2 N–H and O–H groups in total. The van der Waals surface area contributed by atoms with Gasteiger partial charge >= 0.3 is 12.0 Å². The van der Waals surface area contributed by atoms with Crippen LogP contribution >= 0.6 is 0 Å². The molecule has 0 saturated heterocycles. The van der Waals surface area contributed by atoms with E-state index in [-0.39, 0.29) is 12.0 Å². The van der Waals surface area contributed by atoms with E-state index in [1.54, 1.807) is 38.1 Å². The third kappa shape index (κ3) is 3.92. The fourth-order valence-electron chi connectivity index (χ4n) is 2.86. The van der Waals surface area contributed by atoms with Crippen molar-refractivity contribution in [1.82, 2.24) is 29.9 Å². The molecular weight excluding hydrogens is 384 g/mol. The van der Waals surface area contributed by atoms with Gasteiger partial charge in [-0.3, -0.25) is 0 Å². The number of nitrogens with zero attached hydrogens (tertiary/aromatic N) is 6. The summed E-state index contributed by atoms with van der Waals surface area (Å²) in [5.74, 6) is 2.78. The van der Waals surface area contributed by atoms with Gasteiger partial charge in [0.25, 0.3) is 0 Å². The number of rotatable bonds is 0. The number of aromatic nitrogens is 6. The second kappa shape index (κ2) is 7.24. The SMILES string of the molecule is Cc1nc2nc(n1)Oc1cccc(c1)Oc1nc(C)nc(n1)Nc1cccc(c1)N2. The molecule has 4 aromatic rings. The molecule has 0 aliphatic carbocycles. The Bertz CT molecular complexity index is 1070. The maximum absolute atomic E-state index is 5.83. The first-order chi connectivity index (χ1) is 14.6. The highest BCUT2D eigenvalue weighted by Crippen LogP contribution is 2.28. The Morgan fingerprint density at radius 3 is 1.63 bits per heavy atom. The van der Waals surface area contributed by atoms with Gasteiger partial charge in [0.05, 0.1) is 0 Å². The number of aryl methyl sites for hydroxylation is 2. The lowest BCUT2D eigenvalue weighted by Gasteiger charge is -2.12. The number of hydrogen-bond donors (Lipinski definition) is 2. The molecule has 0 spiro atoms. The zero-order chi connectivity index (χ0) is 20.5. The van der Waals surface area contributed by atoms with E-state index in [4.69, 9.17) is 9.47 Å². The summed E-state index contributed by atoms with van der Waals surface area (Å²) in [7, 11) is 0. The third-order valence-electron chi connectivity index (χ3n) is 4.05. The Balaban J connectivity index is 1.63.